The van der Waals surface area contributed by atoms with Crippen LogP contribution in [0.15, 0.2) is 30.3 Å². The maximum absolute atomic E-state index is 14.3. The van der Waals surface area contributed by atoms with Gasteiger partial charge >= 0.3 is 11.9 Å². The van der Waals surface area contributed by atoms with E-state index < -0.39 is 83.8 Å². The second kappa shape index (κ2) is 19.9. The standard InChI is InChI=1S/C41H64N4O8/c1-11-13-15-22-32-28(8)36(46)42-33(25(3)4)38(48)43(9)31(24-29-19-16-14-17-20-29)40(50)53-35(26(5)6)39(49)45-23-18-21-30(45)37(47)44(10)34(27(7)12-2)41(51)52-32/h14,16-17,19-20,25-28,30-35H,11-13,15,18,21-24H2,1-10H3,(H,42,46)/t27?,28?,30?,31-,32?,33-,34-,35-/m0/s1. The van der Waals surface area contributed by atoms with E-state index in [1.807, 2.05) is 58.0 Å². The molecule has 1 N–H and O–H groups in total. The summed E-state index contributed by atoms with van der Waals surface area (Å²) in [5.41, 5.74) is 0.777. The number of fused-ring (bicyclic) bond motifs is 1. The Morgan fingerprint density at radius 1 is 0.811 bits per heavy atom. The Kier molecular flexibility index (Phi) is 16.3. The quantitative estimate of drug-likeness (QED) is 0.267. The molecule has 0 saturated carbocycles. The highest BCUT2D eigenvalue weighted by atomic mass is 16.6. The van der Waals surface area contributed by atoms with Gasteiger partial charge in [-0.15, -0.1) is 0 Å². The second-order valence-corrected chi connectivity index (χ2v) is 15.7. The predicted octanol–water partition coefficient (Wildman–Crippen LogP) is 4.77. The Morgan fingerprint density at radius 3 is 2.06 bits per heavy atom. The Hall–Kier alpha value is -3.96. The summed E-state index contributed by atoms with van der Waals surface area (Å²) in [6.07, 6.45) is 2.51. The van der Waals surface area contributed by atoms with Crippen molar-refractivity contribution in [3.05, 3.63) is 35.9 Å². The number of esters is 2. The number of ether oxygens (including phenoxy) is 2. The zero-order valence-electron chi connectivity index (χ0n) is 33.6. The zero-order chi connectivity index (χ0) is 39.6. The minimum atomic E-state index is -1.23. The first-order valence-electron chi connectivity index (χ1n) is 19.6. The van der Waals surface area contributed by atoms with Crippen LogP contribution >= 0.6 is 0 Å². The van der Waals surface area contributed by atoms with E-state index >= 15 is 0 Å². The topological polar surface area (TPSA) is 143 Å². The Balaban J connectivity index is 2.18. The molecule has 2 heterocycles. The van der Waals surface area contributed by atoms with E-state index in [2.05, 4.69) is 12.2 Å². The molecule has 4 amide bonds. The fraction of sp³-hybridized carbons (Fsp3) is 0.707. The number of carbonyl (C=O) groups is 6. The van der Waals surface area contributed by atoms with Gasteiger partial charge < -0.3 is 29.5 Å². The van der Waals surface area contributed by atoms with Gasteiger partial charge in [-0.05, 0) is 49.0 Å². The largest absolute Gasteiger partial charge is 0.460 e. The Labute approximate surface area is 316 Å². The van der Waals surface area contributed by atoms with E-state index in [0.717, 1.165) is 18.4 Å². The van der Waals surface area contributed by atoms with Crippen LogP contribution in [-0.4, -0.2) is 107 Å². The molecule has 2 aliphatic heterocycles. The molecule has 0 spiro atoms. The molecule has 8 atom stereocenters. The third-order valence-electron chi connectivity index (χ3n) is 11.0. The Morgan fingerprint density at radius 2 is 1.47 bits per heavy atom. The second-order valence-electron chi connectivity index (χ2n) is 15.7. The molecular weight excluding hydrogens is 676 g/mol. The first kappa shape index (κ1) is 43.4. The van der Waals surface area contributed by atoms with Crippen molar-refractivity contribution in [2.45, 2.75) is 143 Å². The van der Waals surface area contributed by atoms with Gasteiger partial charge in [0.05, 0.1) is 5.92 Å². The maximum Gasteiger partial charge on any atom is 0.329 e. The molecule has 53 heavy (non-hydrogen) atoms. The highest BCUT2D eigenvalue weighted by molar-refractivity contribution is 5.95. The van der Waals surface area contributed by atoms with E-state index in [1.54, 1.807) is 27.8 Å². The fourth-order valence-electron chi connectivity index (χ4n) is 7.27. The van der Waals surface area contributed by atoms with Gasteiger partial charge in [0.1, 0.15) is 30.3 Å². The van der Waals surface area contributed by atoms with Crippen molar-refractivity contribution in [3.8, 4) is 0 Å². The average Bonchev–Trinajstić information content (AvgIpc) is 3.63. The molecule has 0 radical (unpaired) electrons. The first-order valence-corrected chi connectivity index (χ1v) is 19.6. The molecule has 0 aromatic heterocycles. The minimum Gasteiger partial charge on any atom is -0.460 e. The number of hydrogen-bond donors (Lipinski definition) is 1. The van der Waals surface area contributed by atoms with Gasteiger partial charge in [-0.1, -0.05) is 105 Å². The highest BCUT2D eigenvalue weighted by Crippen LogP contribution is 2.28. The normalized spacial score (nSPS) is 27.9. The van der Waals surface area contributed by atoms with Crippen LogP contribution in [0.3, 0.4) is 0 Å². The number of likely N-dealkylation sites (N-methyl/N-ethyl adjacent to an activating group) is 2. The number of nitrogens with zero attached hydrogens (tertiary/aromatic N) is 3. The van der Waals surface area contributed by atoms with Crippen LogP contribution in [0.2, 0.25) is 0 Å². The first-order chi connectivity index (χ1) is 25.0. The number of amides is 4. The SMILES string of the molecule is CCCCCC1OC(=O)[C@H](C(C)CC)N(C)C(=O)C2CCCN2C(=O)[C@H](C(C)C)OC(=O)[C@H](Cc2ccccc2)N(C)C(=O)[C@H](C(C)C)NC(=O)C1C. The monoisotopic (exact) mass is 740 g/mol. The van der Waals surface area contributed by atoms with Crippen LogP contribution in [0, 0.1) is 23.7 Å². The van der Waals surface area contributed by atoms with E-state index in [-0.39, 0.29) is 24.8 Å². The van der Waals surface area contributed by atoms with Crippen LogP contribution in [0.4, 0.5) is 0 Å². The lowest BCUT2D eigenvalue weighted by atomic mass is 9.94. The molecule has 1 aromatic carbocycles. The van der Waals surface area contributed by atoms with Gasteiger partial charge in [0.2, 0.25) is 17.7 Å². The molecule has 1 aromatic rings. The van der Waals surface area contributed by atoms with Crippen molar-refractivity contribution >= 4 is 35.6 Å². The smallest absolute Gasteiger partial charge is 0.329 e. The van der Waals surface area contributed by atoms with Crippen molar-refractivity contribution in [2.24, 2.45) is 23.7 Å². The van der Waals surface area contributed by atoms with Crippen molar-refractivity contribution < 1.29 is 38.2 Å². The van der Waals surface area contributed by atoms with Gasteiger partial charge in [0.15, 0.2) is 6.10 Å². The Bertz CT molecular complexity index is 1420. The molecule has 4 unspecified atom stereocenters. The zero-order valence-corrected chi connectivity index (χ0v) is 33.6. The van der Waals surface area contributed by atoms with Crippen LogP contribution < -0.4 is 5.32 Å². The third-order valence-corrected chi connectivity index (χ3v) is 11.0. The van der Waals surface area contributed by atoms with E-state index in [0.29, 0.717) is 32.1 Å². The summed E-state index contributed by atoms with van der Waals surface area (Å²) in [6, 6.07) is 5.24. The summed E-state index contributed by atoms with van der Waals surface area (Å²) in [7, 11) is 3.07. The summed E-state index contributed by atoms with van der Waals surface area (Å²) in [5, 5.41) is 2.92. The molecule has 2 saturated heterocycles. The maximum atomic E-state index is 14.3. The van der Waals surface area contributed by atoms with E-state index in [1.165, 1.54) is 21.7 Å². The molecule has 12 heteroatoms. The molecule has 12 nitrogen and oxygen atoms in total. The molecule has 0 bridgehead atoms. The summed E-state index contributed by atoms with van der Waals surface area (Å²) < 4.78 is 12.2. The lowest BCUT2D eigenvalue weighted by Gasteiger charge is -2.37. The van der Waals surface area contributed by atoms with Gasteiger partial charge in [-0.25, -0.2) is 9.59 Å². The molecule has 296 valence electrons. The molecule has 0 aliphatic carbocycles. The average molecular weight is 741 g/mol. The van der Waals surface area contributed by atoms with Crippen molar-refractivity contribution in [1.29, 1.82) is 0 Å². The van der Waals surface area contributed by atoms with Gasteiger partial charge in [-0.3, -0.25) is 19.2 Å². The molecular formula is C41H64N4O8. The van der Waals surface area contributed by atoms with Crippen LogP contribution in [0.1, 0.15) is 106 Å². The van der Waals surface area contributed by atoms with Crippen molar-refractivity contribution in [1.82, 2.24) is 20.0 Å². The highest BCUT2D eigenvalue weighted by Gasteiger charge is 2.45. The third kappa shape index (κ3) is 10.8. The van der Waals surface area contributed by atoms with Gasteiger partial charge in [-0.2, -0.15) is 0 Å². The fourth-order valence-corrected chi connectivity index (χ4v) is 7.27. The number of benzene rings is 1. The molecule has 2 fully saturated rings. The summed E-state index contributed by atoms with van der Waals surface area (Å²) >= 11 is 0. The summed E-state index contributed by atoms with van der Waals surface area (Å²) in [4.78, 5) is 89.4. The van der Waals surface area contributed by atoms with E-state index in [4.69, 9.17) is 9.47 Å². The number of unbranched alkanes of at least 4 members (excludes halogenated alkanes) is 2. The number of rotatable bonds is 10. The number of cyclic esters (lactones) is 2. The minimum absolute atomic E-state index is 0.109. The number of hydrogen-bond acceptors (Lipinski definition) is 8. The molecule has 2 aliphatic rings. The van der Waals surface area contributed by atoms with Gasteiger partial charge in [0, 0.05) is 27.1 Å². The predicted molar refractivity (Wildman–Crippen MR) is 202 cm³/mol. The van der Waals surface area contributed by atoms with Crippen molar-refractivity contribution in [2.75, 3.05) is 20.6 Å². The molecule has 3 rings (SSSR count). The van der Waals surface area contributed by atoms with Gasteiger partial charge in [0.25, 0.3) is 5.91 Å². The van der Waals surface area contributed by atoms with E-state index in [9.17, 15) is 28.8 Å². The van der Waals surface area contributed by atoms with Crippen LogP contribution in [-0.2, 0) is 44.7 Å². The lowest BCUT2D eigenvalue weighted by molar-refractivity contribution is -0.171. The summed E-state index contributed by atoms with van der Waals surface area (Å²) in [5.74, 6) is -5.16. The number of carbonyl (C=O) groups excluding carboxylic acids is 6. The van der Waals surface area contributed by atoms with Crippen LogP contribution in [0.5, 0.6) is 0 Å². The summed E-state index contributed by atoms with van der Waals surface area (Å²) in [6.45, 7) is 15.0. The number of nitrogens with one attached hydrogen (secondary N) is 1. The lowest BCUT2D eigenvalue weighted by Crippen LogP contribution is -2.57. The van der Waals surface area contributed by atoms with Crippen molar-refractivity contribution in [3.63, 3.8) is 0 Å². The van der Waals surface area contributed by atoms with Crippen LogP contribution in [0.25, 0.3) is 0 Å².